The van der Waals surface area contributed by atoms with Gasteiger partial charge in [0.05, 0.1) is 0 Å². The Morgan fingerprint density at radius 1 is 0.375 bits per heavy atom. The van der Waals surface area contributed by atoms with Crippen molar-refractivity contribution in [2.24, 2.45) is 0 Å². The number of unbranched alkanes of at least 4 members (excludes halogenated alkanes) is 4. The van der Waals surface area contributed by atoms with E-state index in [9.17, 15) is 0 Å². The summed E-state index contributed by atoms with van der Waals surface area (Å²) in [4.78, 5) is 5.06. The fourth-order valence-electron chi connectivity index (χ4n) is 7.23. The highest BCUT2D eigenvalue weighted by atomic mass is 15.1. The average molecular weight is 741 g/mol. The van der Waals surface area contributed by atoms with Crippen LogP contribution in [-0.2, 0) is 0 Å². The van der Waals surface area contributed by atoms with E-state index >= 15 is 0 Å². The van der Waals surface area contributed by atoms with E-state index in [0.29, 0.717) is 0 Å². The predicted octanol–water partition coefficient (Wildman–Crippen LogP) is 13.9. The van der Waals surface area contributed by atoms with Gasteiger partial charge in [-0.2, -0.15) is 0 Å². The summed E-state index contributed by atoms with van der Waals surface area (Å²) in [7, 11) is 0. The van der Waals surface area contributed by atoms with Crippen LogP contribution in [0.5, 0.6) is 0 Å². The van der Waals surface area contributed by atoms with Crippen LogP contribution in [0.15, 0.2) is 97.1 Å². The first kappa shape index (κ1) is 42.0. The Morgan fingerprint density at radius 3 is 1.04 bits per heavy atom. The molecule has 2 nitrogen and oxygen atoms in total. The van der Waals surface area contributed by atoms with Gasteiger partial charge < -0.3 is 9.80 Å². The molecule has 0 aliphatic carbocycles. The Kier molecular flexibility index (Phi) is 15.9. The highest BCUT2D eigenvalue weighted by Crippen LogP contribution is 2.36. The van der Waals surface area contributed by atoms with Crippen molar-refractivity contribution < 1.29 is 0 Å². The summed E-state index contributed by atoms with van der Waals surface area (Å²) in [5, 5.41) is 0. The smallest absolute Gasteiger partial charge is 0.0367 e. The third-order valence-electron chi connectivity index (χ3n) is 10.8. The number of nitrogens with zero attached hydrogens (tertiary/aromatic N) is 2. The zero-order chi connectivity index (χ0) is 39.9. The minimum atomic E-state index is 1.01. The molecule has 2 heteroatoms. The lowest BCUT2D eigenvalue weighted by Gasteiger charge is -2.24. The van der Waals surface area contributed by atoms with Crippen LogP contribution in [0, 0.1) is 51.4 Å². The molecule has 0 saturated heterocycles. The van der Waals surface area contributed by atoms with Crippen molar-refractivity contribution >= 4 is 11.4 Å². The number of rotatable bonds is 16. The van der Waals surface area contributed by atoms with Crippen molar-refractivity contribution in [3.63, 3.8) is 0 Å². The van der Waals surface area contributed by atoms with E-state index < -0.39 is 0 Å². The Balaban J connectivity index is 1.62. The molecule has 0 spiro atoms. The summed E-state index contributed by atoms with van der Waals surface area (Å²) in [6.45, 7) is 22.2. The van der Waals surface area contributed by atoms with Crippen molar-refractivity contribution in [3.05, 3.63) is 142 Å². The highest BCUT2D eigenvalue weighted by molar-refractivity contribution is 5.84. The molecule has 0 bridgehead atoms. The van der Waals surface area contributed by atoms with Crippen molar-refractivity contribution in [1.82, 2.24) is 0 Å². The molecule has 0 heterocycles. The van der Waals surface area contributed by atoms with Gasteiger partial charge in [0.25, 0.3) is 0 Å². The quantitative estimate of drug-likeness (QED) is 0.0930. The standard InChI is InChI=1S/C54H64N2/c1-9-13-33-55(34-14-10-2)49-29-23-45(24-30-49)21-27-47-39-54(52-38-42(6)18-20-44(52)8)48(40-53(47)51-37-41(5)17-19-43(51)7)28-22-46-25-31-50(32-26-46)56(35-15-11-3)36-16-12-4/h17-20,23-26,29-32,37-40H,9-16,33-36H2,1-8H3. The maximum absolute atomic E-state index is 3.67. The van der Waals surface area contributed by atoms with Crippen LogP contribution in [0.3, 0.4) is 0 Å². The van der Waals surface area contributed by atoms with E-state index in [2.05, 4.69) is 186 Å². The zero-order valence-corrected chi connectivity index (χ0v) is 35.6. The van der Waals surface area contributed by atoms with Gasteiger partial charge in [0.2, 0.25) is 0 Å². The Bertz CT molecular complexity index is 1980. The summed E-state index contributed by atoms with van der Waals surface area (Å²) >= 11 is 0. The third kappa shape index (κ3) is 11.4. The molecule has 290 valence electrons. The number of hydrogen-bond acceptors (Lipinski definition) is 2. The molecule has 0 fully saturated rings. The summed E-state index contributed by atoms with van der Waals surface area (Å²) in [5.41, 5.74) is 16.2. The van der Waals surface area contributed by atoms with Crippen molar-refractivity contribution in [1.29, 1.82) is 0 Å². The van der Waals surface area contributed by atoms with E-state index in [4.69, 9.17) is 0 Å². The molecule has 5 rings (SSSR count). The maximum atomic E-state index is 3.67. The first-order valence-electron chi connectivity index (χ1n) is 21.3. The van der Waals surface area contributed by atoms with Gasteiger partial charge in [-0.3, -0.25) is 0 Å². The van der Waals surface area contributed by atoms with Crippen LogP contribution < -0.4 is 9.80 Å². The van der Waals surface area contributed by atoms with Crippen molar-refractivity contribution in [2.45, 2.75) is 107 Å². The fourth-order valence-corrected chi connectivity index (χ4v) is 7.23. The molecule has 0 aliphatic rings. The molecule has 0 unspecified atom stereocenters. The van der Waals surface area contributed by atoms with Crippen molar-refractivity contribution in [2.75, 3.05) is 36.0 Å². The molecule has 0 aromatic heterocycles. The highest BCUT2D eigenvalue weighted by Gasteiger charge is 2.15. The number of benzene rings is 5. The Labute approximate surface area is 340 Å². The van der Waals surface area contributed by atoms with Crippen molar-refractivity contribution in [3.8, 4) is 45.9 Å². The SMILES string of the molecule is CCCCN(CCCC)c1ccc(C#Cc2cc(-c3cc(C)ccc3C)c(C#Cc3ccc(N(CCCC)CCCC)cc3)cc2-c2cc(C)ccc2C)cc1. The predicted molar refractivity (Wildman–Crippen MR) is 245 cm³/mol. The molecule has 0 atom stereocenters. The van der Waals surface area contributed by atoms with Gasteiger partial charge in [0.1, 0.15) is 0 Å². The number of anilines is 2. The molecule has 0 radical (unpaired) electrons. The Hall–Kier alpha value is -5.18. The lowest BCUT2D eigenvalue weighted by Crippen LogP contribution is -2.25. The molecular weight excluding hydrogens is 677 g/mol. The summed E-state index contributed by atoms with van der Waals surface area (Å²) < 4.78 is 0. The zero-order valence-electron chi connectivity index (χ0n) is 35.6. The average Bonchev–Trinajstić information content (AvgIpc) is 3.21. The van der Waals surface area contributed by atoms with E-state index in [1.54, 1.807) is 0 Å². The lowest BCUT2D eigenvalue weighted by atomic mass is 9.87. The molecule has 5 aromatic rings. The van der Waals surface area contributed by atoms with Gasteiger partial charge in [-0.25, -0.2) is 0 Å². The van der Waals surface area contributed by atoms with Crippen LogP contribution in [-0.4, -0.2) is 26.2 Å². The van der Waals surface area contributed by atoms with E-state index in [1.807, 2.05) is 0 Å². The summed E-state index contributed by atoms with van der Waals surface area (Å²) in [5.74, 6) is 14.5. The van der Waals surface area contributed by atoms with Crippen LogP contribution in [0.2, 0.25) is 0 Å². The molecule has 0 N–H and O–H groups in total. The minimum Gasteiger partial charge on any atom is -0.372 e. The van der Waals surface area contributed by atoms with E-state index in [-0.39, 0.29) is 0 Å². The van der Waals surface area contributed by atoms with E-state index in [0.717, 1.165) is 59.6 Å². The third-order valence-corrected chi connectivity index (χ3v) is 10.8. The van der Waals surface area contributed by atoms with Crippen LogP contribution in [0.4, 0.5) is 11.4 Å². The molecule has 0 amide bonds. The van der Waals surface area contributed by atoms with Crippen LogP contribution >= 0.6 is 0 Å². The van der Waals surface area contributed by atoms with Gasteiger partial charge in [-0.05, 0) is 147 Å². The van der Waals surface area contributed by atoms with Crippen LogP contribution in [0.1, 0.15) is 124 Å². The van der Waals surface area contributed by atoms with Gasteiger partial charge in [-0.15, -0.1) is 0 Å². The Morgan fingerprint density at radius 2 is 0.714 bits per heavy atom. The molecule has 5 aromatic carbocycles. The monoisotopic (exact) mass is 741 g/mol. The number of aryl methyl sites for hydroxylation is 4. The summed E-state index contributed by atoms with van der Waals surface area (Å²) in [6, 6.07) is 35.8. The van der Waals surface area contributed by atoms with Crippen LogP contribution in [0.25, 0.3) is 22.3 Å². The lowest BCUT2D eigenvalue weighted by molar-refractivity contribution is 0.678. The maximum Gasteiger partial charge on any atom is 0.0367 e. The summed E-state index contributed by atoms with van der Waals surface area (Å²) in [6.07, 6.45) is 9.64. The second-order valence-corrected chi connectivity index (χ2v) is 15.6. The second kappa shape index (κ2) is 21.2. The number of hydrogen-bond donors (Lipinski definition) is 0. The van der Waals surface area contributed by atoms with Gasteiger partial charge in [-0.1, -0.05) is 125 Å². The largest absolute Gasteiger partial charge is 0.372 e. The van der Waals surface area contributed by atoms with E-state index in [1.165, 1.54) is 96.1 Å². The molecule has 56 heavy (non-hydrogen) atoms. The first-order chi connectivity index (χ1) is 27.2. The normalized spacial score (nSPS) is 10.7. The minimum absolute atomic E-state index is 1.01. The second-order valence-electron chi connectivity index (χ2n) is 15.6. The van der Waals surface area contributed by atoms with Gasteiger partial charge in [0, 0.05) is 59.8 Å². The molecular formula is C54H64N2. The fraction of sp³-hybridized carbons (Fsp3) is 0.370. The van der Waals surface area contributed by atoms with Gasteiger partial charge >= 0.3 is 0 Å². The topological polar surface area (TPSA) is 6.48 Å². The van der Waals surface area contributed by atoms with Gasteiger partial charge in [0.15, 0.2) is 0 Å². The first-order valence-corrected chi connectivity index (χ1v) is 21.3. The molecule has 0 saturated carbocycles. The molecule has 0 aliphatic heterocycles.